The maximum atomic E-state index is 13.4. The Morgan fingerprint density at radius 3 is 2.67 bits per heavy atom. The number of hydrogen-bond donors (Lipinski definition) is 0. The Morgan fingerprint density at radius 2 is 2.06 bits per heavy atom. The molecule has 0 saturated carbocycles. The first-order chi connectivity index (χ1) is 8.60. The number of esters is 1. The topological polar surface area (TPSA) is 35.5 Å². The highest BCUT2D eigenvalue weighted by Crippen LogP contribution is 2.21. The van der Waals surface area contributed by atoms with E-state index < -0.39 is 23.7 Å². The molecule has 0 aliphatic heterocycles. The third-order valence-electron chi connectivity index (χ3n) is 2.29. The van der Waals surface area contributed by atoms with Crippen molar-refractivity contribution in [3.05, 3.63) is 29.8 Å². The second kappa shape index (κ2) is 6.93. The molecule has 1 rings (SSSR count). The van der Waals surface area contributed by atoms with Gasteiger partial charge in [-0.1, -0.05) is 19.4 Å². The van der Waals surface area contributed by atoms with Crippen molar-refractivity contribution in [2.45, 2.75) is 32.8 Å². The van der Waals surface area contributed by atoms with E-state index in [9.17, 15) is 13.6 Å². The van der Waals surface area contributed by atoms with Crippen LogP contribution in [0.15, 0.2) is 18.2 Å². The number of carbonyl (C=O) groups excluding carboxylic acids is 1. The average molecular weight is 258 g/mol. The minimum atomic E-state index is -1.09. The van der Waals surface area contributed by atoms with Crippen LogP contribution in [0.1, 0.15) is 26.7 Å². The third-order valence-corrected chi connectivity index (χ3v) is 2.29. The molecule has 1 atom stereocenters. The summed E-state index contributed by atoms with van der Waals surface area (Å²) in [6.45, 7) is 3.75. The quantitative estimate of drug-likeness (QED) is 0.735. The van der Waals surface area contributed by atoms with Gasteiger partial charge < -0.3 is 9.47 Å². The zero-order valence-electron chi connectivity index (χ0n) is 10.4. The summed E-state index contributed by atoms with van der Waals surface area (Å²) in [6, 6.07) is 3.59. The van der Waals surface area contributed by atoms with E-state index in [0.717, 1.165) is 6.07 Å². The van der Waals surface area contributed by atoms with Gasteiger partial charge >= 0.3 is 5.97 Å². The lowest BCUT2D eigenvalue weighted by Gasteiger charge is -2.17. The summed E-state index contributed by atoms with van der Waals surface area (Å²) >= 11 is 0. The van der Waals surface area contributed by atoms with Crippen molar-refractivity contribution in [1.82, 2.24) is 0 Å². The first-order valence-corrected chi connectivity index (χ1v) is 5.87. The predicted octanol–water partition coefficient (Wildman–Crippen LogP) is 3.08. The molecule has 0 aliphatic carbocycles. The summed E-state index contributed by atoms with van der Waals surface area (Å²) in [7, 11) is 0. The minimum absolute atomic E-state index is 0.216. The molecule has 0 spiro atoms. The molecule has 0 fully saturated rings. The van der Waals surface area contributed by atoms with Crippen molar-refractivity contribution in [3.63, 3.8) is 0 Å². The summed E-state index contributed by atoms with van der Waals surface area (Å²) in [4.78, 5) is 11.6. The van der Waals surface area contributed by atoms with Gasteiger partial charge in [0.2, 0.25) is 5.82 Å². The van der Waals surface area contributed by atoms with E-state index in [2.05, 4.69) is 0 Å². The highest BCUT2D eigenvalue weighted by Gasteiger charge is 2.22. The van der Waals surface area contributed by atoms with Gasteiger partial charge in [-0.05, 0) is 25.5 Å². The van der Waals surface area contributed by atoms with E-state index in [-0.39, 0.29) is 12.4 Å². The van der Waals surface area contributed by atoms with E-state index in [4.69, 9.17) is 9.47 Å². The molecular formula is C13H16F2O3. The van der Waals surface area contributed by atoms with Crippen LogP contribution in [0.3, 0.4) is 0 Å². The summed E-state index contributed by atoms with van der Waals surface area (Å²) in [5, 5.41) is 0. The SMILES string of the molecule is CCCC(Oc1cccc(F)c1F)C(=O)OCC. The van der Waals surface area contributed by atoms with Gasteiger partial charge in [-0.15, -0.1) is 0 Å². The molecule has 0 aliphatic rings. The summed E-state index contributed by atoms with van der Waals surface area (Å²) < 4.78 is 36.4. The van der Waals surface area contributed by atoms with Crippen molar-refractivity contribution < 1.29 is 23.0 Å². The monoisotopic (exact) mass is 258 g/mol. The lowest BCUT2D eigenvalue weighted by Crippen LogP contribution is -2.29. The highest BCUT2D eigenvalue weighted by molar-refractivity contribution is 5.75. The van der Waals surface area contributed by atoms with E-state index in [1.165, 1.54) is 12.1 Å². The van der Waals surface area contributed by atoms with Crippen molar-refractivity contribution >= 4 is 5.97 Å². The van der Waals surface area contributed by atoms with Crippen LogP contribution < -0.4 is 4.74 Å². The molecule has 0 aromatic heterocycles. The molecule has 1 unspecified atom stereocenters. The van der Waals surface area contributed by atoms with Gasteiger partial charge in [-0.3, -0.25) is 0 Å². The Morgan fingerprint density at radius 1 is 1.33 bits per heavy atom. The molecular weight excluding hydrogens is 242 g/mol. The maximum absolute atomic E-state index is 13.4. The lowest BCUT2D eigenvalue weighted by molar-refractivity contribution is -0.151. The number of carbonyl (C=O) groups is 1. The number of benzene rings is 1. The summed E-state index contributed by atoms with van der Waals surface area (Å²) in [5.74, 6) is -2.95. The molecule has 100 valence electrons. The van der Waals surface area contributed by atoms with Gasteiger partial charge in [0.05, 0.1) is 6.61 Å². The average Bonchev–Trinajstić information content (AvgIpc) is 2.34. The summed E-state index contributed by atoms with van der Waals surface area (Å²) in [5.41, 5.74) is 0. The Kier molecular flexibility index (Phi) is 5.55. The van der Waals surface area contributed by atoms with Crippen LogP contribution in [-0.2, 0) is 9.53 Å². The van der Waals surface area contributed by atoms with Crippen LogP contribution in [0.25, 0.3) is 0 Å². The molecule has 1 aromatic rings. The number of rotatable bonds is 6. The molecule has 5 heteroatoms. The van der Waals surface area contributed by atoms with Crippen LogP contribution in [0.5, 0.6) is 5.75 Å². The number of ether oxygens (including phenoxy) is 2. The third kappa shape index (κ3) is 3.68. The normalized spacial score (nSPS) is 12.0. The van der Waals surface area contributed by atoms with Gasteiger partial charge in [0.1, 0.15) is 0 Å². The first kappa shape index (κ1) is 14.4. The Hall–Kier alpha value is -1.65. The van der Waals surface area contributed by atoms with Crippen LogP contribution in [0, 0.1) is 11.6 Å². The van der Waals surface area contributed by atoms with Crippen LogP contribution in [0.4, 0.5) is 8.78 Å². The van der Waals surface area contributed by atoms with E-state index in [1.54, 1.807) is 6.92 Å². The fraction of sp³-hybridized carbons (Fsp3) is 0.462. The first-order valence-electron chi connectivity index (χ1n) is 5.87. The largest absolute Gasteiger partial charge is 0.476 e. The zero-order valence-corrected chi connectivity index (χ0v) is 10.4. The Balaban J connectivity index is 2.82. The fourth-order valence-corrected chi connectivity index (χ4v) is 1.45. The molecule has 3 nitrogen and oxygen atoms in total. The molecule has 0 saturated heterocycles. The maximum Gasteiger partial charge on any atom is 0.347 e. The Labute approximate surface area is 105 Å². The van der Waals surface area contributed by atoms with E-state index >= 15 is 0 Å². The van der Waals surface area contributed by atoms with Crippen molar-refractivity contribution in [2.24, 2.45) is 0 Å². The predicted molar refractivity (Wildman–Crippen MR) is 62.3 cm³/mol. The van der Waals surface area contributed by atoms with Crippen LogP contribution >= 0.6 is 0 Å². The van der Waals surface area contributed by atoms with E-state index in [1.807, 2.05) is 6.92 Å². The van der Waals surface area contributed by atoms with Crippen LogP contribution in [0.2, 0.25) is 0 Å². The Bertz CT molecular complexity index is 407. The molecule has 0 N–H and O–H groups in total. The van der Waals surface area contributed by atoms with Gasteiger partial charge in [-0.25, -0.2) is 9.18 Å². The summed E-state index contributed by atoms with van der Waals surface area (Å²) in [6.07, 6.45) is 0.140. The van der Waals surface area contributed by atoms with Gasteiger partial charge in [0.25, 0.3) is 0 Å². The van der Waals surface area contributed by atoms with Gasteiger partial charge in [0, 0.05) is 0 Å². The molecule has 0 bridgehead atoms. The number of hydrogen-bond acceptors (Lipinski definition) is 3. The van der Waals surface area contributed by atoms with Crippen LogP contribution in [-0.4, -0.2) is 18.7 Å². The second-order valence-electron chi connectivity index (χ2n) is 3.70. The second-order valence-corrected chi connectivity index (χ2v) is 3.70. The van der Waals surface area contributed by atoms with Crippen molar-refractivity contribution in [2.75, 3.05) is 6.61 Å². The zero-order chi connectivity index (χ0) is 13.5. The van der Waals surface area contributed by atoms with Gasteiger partial charge in [0.15, 0.2) is 17.7 Å². The highest BCUT2D eigenvalue weighted by atomic mass is 19.2. The molecule has 1 aromatic carbocycles. The van der Waals surface area contributed by atoms with Gasteiger partial charge in [-0.2, -0.15) is 4.39 Å². The standard InChI is InChI=1S/C13H16F2O3/c1-3-6-11(13(16)17-4-2)18-10-8-5-7-9(14)12(10)15/h5,7-8,11H,3-4,6H2,1-2H3. The van der Waals surface area contributed by atoms with Crippen molar-refractivity contribution in [1.29, 1.82) is 0 Å². The molecule has 18 heavy (non-hydrogen) atoms. The lowest BCUT2D eigenvalue weighted by atomic mass is 10.2. The molecule has 0 heterocycles. The van der Waals surface area contributed by atoms with E-state index in [0.29, 0.717) is 12.8 Å². The molecule has 0 radical (unpaired) electrons. The van der Waals surface area contributed by atoms with Crippen molar-refractivity contribution in [3.8, 4) is 5.75 Å². The molecule has 0 amide bonds. The minimum Gasteiger partial charge on any atom is -0.476 e. The smallest absolute Gasteiger partial charge is 0.347 e. The fourth-order valence-electron chi connectivity index (χ4n) is 1.45. The number of halogens is 2.